The summed E-state index contributed by atoms with van der Waals surface area (Å²) in [5.41, 5.74) is 2.25. The highest BCUT2D eigenvalue weighted by molar-refractivity contribution is 6.74. The van der Waals surface area contributed by atoms with Crippen LogP contribution in [0.3, 0.4) is 0 Å². The number of ether oxygens (including phenoxy) is 3. The number of hydrogen-bond acceptors (Lipinski definition) is 5. The molecule has 1 aliphatic heterocycles. The molecule has 2 aromatic rings. The van der Waals surface area contributed by atoms with Gasteiger partial charge in [-0.05, 0) is 54.3 Å². The lowest BCUT2D eigenvalue weighted by Crippen LogP contribution is -2.64. The van der Waals surface area contributed by atoms with E-state index in [2.05, 4.69) is 98.9 Å². The molecule has 7 heteroatoms. The Balaban J connectivity index is 0.00000588. The van der Waals surface area contributed by atoms with Gasteiger partial charge in [0.15, 0.2) is 16.6 Å². The molecule has 0 N–H and O–H groups in total. The molecule has 1 aliphatic rings. The van der Waals surface area contributed by atoms with Crippen molar-refractivity contribution in [1.82, 2.24) is 0 Å². The zero-order chi connectivity index (χ0) is 29.8. The van der Waals surface area contributed by atoms with E-state index in [-0.39, 0.29) is 48.0 Å². The van der Waals surface area contributed by atoms with Crippen LogP contribution >= 0.6 is 0 Å². The number of rotatable bonds is 11. The lowest BCUT2D eigenvalue weighted by molar-refractivity contribution is -0.248. The Kier molecular flexibility index (Phi) is 12.6. The summed E-state index contributed by atoms with van der Waals surface area (Å²) >= 11 is 0. The van der Waals surface area contributed by atoms with Crippen LogP contribution in [0, 0.1) is 0 Å². The molecule has 0 amide bonds. The van der Waals surface area contributed by atoms with E-state index in [9.17, 15) is 0 Å². The van der Waals surface area contributed by atoms with Crippen molar-refractivity contribution in [3.05, 3.63) is 71.8 Å². The van der Waals surface area contributed by atoms with Gasteiger partial charge >= 0.3 is 0 Å². The summed E-state index contributed by atoms with van der Waals surface area (Å²) in [6.07, 6.45) is -1.34. The highest BCUT2D eigenvalue weighted by Gasteiger charge is 2.51. The fourth-order valence-corrected chi connectivity index (χ4v) is 6.67. The van der Waals surface area contributed by atoms with Crippen LogP contribution < -0.4 is 0 Å². The van der Waals surface area contributed by atoms with Gasteiger partial charge in [-0.2, -0.15) is 0 Å². The highest BCUT2D eigenvalue weighted by Crippen LogP contribution is 2.41. The van der Waals surface area contributed by atoms with Gasteiger partial charge in [0.2, 0.25) is 0 Å². The molecule has 0 saturated carbocycles. The molecular formula is C34H58O5Si2. The van der Waals surface area contributed by atoms with Crippen LogP contribution in [0.15, 0.2) is 60.7 Å². The Morgan fingerprint density at radius 1 is 0.659 bits per heavy atom. The second-order valence-electron chi connectivity index (χ2n) is 14.3. The molecule has 1 fully saturated rings. The van der Waals surface area contributed by atoms with Crippen molar-refractivity contribution in [2.45, 2.75) is 136 Å². The topological polar surface area (TPSA) is 46.2 Å². The smallest absolute Gasteiger partial charge is 0.192 e. The Morgan fingerprint density at radius 2 is 1.10 bits per heavy atom. The predicted molar refractivity (Wildman–Crippen MR) is 176 cm³/mol. The number of hydrogen-bond donors (Lipinski definition) is 0. The molecule has 0 aromatic heterocycles. The third-order valence-corrected chi connectivity index (χ3v) is 18.1. The Labute approximate surface area is 253 Å². The van der Waals surface area contributed by atoms with E-state index in [1.54, 1.807) is 0 Å². The maximum atomic E-state index is 7.21. The average Bonchev–Trinajstić information content (AvgIpc) is 2.86. The van der Waals surface area contributed by atoms with Gasteiger partial charge in [-0.3, -0.25) is 0 Å². The normalized spacial score (nSPS) is 24.1. The van der Waals surface area contributed by atoms with Crippen molar-refractivity contribution in [3.63, 3.8) is 0 Å². The summed E-state index contributed by atoms with van der Waals surface area (Å²) in [5, 5.41) is 0.141. The molecule has 5 nitrogen and oxygen atoms in total. The van der Waals surface area contributed by atoms with Crippen molar-refractivity contribution in [3.8, 4) is 0 Å². The third-order valence-electron chi connectivity index (χ3n) is 9.09. The molecule has 1 heterocycles. The largest absolute Gasteiger partial charge is 0.414 e. The maximum absolute atomic E-state index is 7.21. The van der Waals surface area contributed by atoms with Crippen LogP contribution in [0.4, 0.5) is 0 Å². The SMILES string of the molecule is C.C[C@@H]1OC(CO[Si](C)(C)C(C)(C)C)[C@@H](OCc2ccccc2)C(O[Si](C)(C)C(C)(C)C)C1OCc1ccccc1. The van der Waals surface area contributed by atoms with Gasteiger partial charge in [0.1, 0.15) is 24.4 Å². The van der Waals surface area contributed by atoms with Gasteiger partial charge in [-0.15, -0.1) is 0 Å². The summed E-state index contributed by atoms with van der Waals surface area (Å²) in [6.45, 7) is 26.4. The van der Waals surface area contributed by atoms with Crippen LogP contribution in [-0.2, 0) is 36.3 Å². The van der Waals surface area contributed by atoms with E-state index in [0.29, 0.717) is 19.8 Å². The maximum Gasteiger partial charge on any atom is 0.192 e. The summed E-state index contributed by atoms with van der Waals surface area (Å²) in [7, 11) is -4.19. The van der Waals surface area contributed by atoms with E-state index < -0.39 is 16.6 Å². The number of benzene rings is 2. The van der Waals surface area contributed by atoms with Crippen LogP contribution in [0.25, 0.3) is 0 Å². The first-order chi connectivity index (χ1) is 18.5. The second-order valence-corrected chi connectivity index (χ2v) is 23.9. The second kappa shape index (κ2) is 14.4. The minimum atomic E-state index is -2.19. The first kappa shape index (κ1) is 35.9. The van der Waals surface area contributed by atoms with Gasteiger partial charge in [0.05, 0.1) is 25.9 Å². The summed E-state index contributed by atoms with van der Waals surface area (Å²) in [5.74, 6) is 0. The fourth-order valence-electron chi connectivity index (χ4n) is 4.35. The lowest BCUT2D eigenvalue weighted by atomic mass is 9.95. The van der Waals surface area contributed by atoms with Crippen molar-refractivity contribution in [2.75, 3.05) is 6.61 Å². The van der Waals surface area contributed by atoms with Crippen molar-refractivity contribution in [2.24, 2.45) is 0 Å². The minimum absolute atomic E-state index is 0. The summed E-state index contributed by atoms with van der Waals surface area (Å²) < 4.78 is 34.0. The van der Waals surface area contributed by atoms with E-state index >= 15 is 0 Å². The van der Waals surface area contributed by atoms with Crippen LogP contribution in [0.2, 0.25) is 36.3 Å². The molecule has 1 saturated heterocycles. The van der Waals surface area contributed by atoms with Crippen LogP contribution in [-0.4, -0.2) is 53.8 Å². The summed E-state index contributed by atoms with van der Waals surface area (Å²) in [4.78, 5) is 0. The highest BCUT2D eigenvalue weighted by atomic mass is 28.4. The monoisotopic (exact) mass is 602 g/mol. The molecule has 232 valence electrons. The molecule has 0 aliphatic carbocycles. The van der Waals surface area contributed by atoms with Crippen molar-refractivity contribution in [1.29, 1.82) is 0 Å². The molecular weight excluding hydrogens is 545 g/mol. The summed E-state index contributed by atoms with van der Waals surface area (Å²) in [6, 6.07) is 20.6. The Bertz CT molecular complexity index is 1030. The Hall–Kier alpha value is -1.33. The Morgan fingerprint density at radius 3 is 1.54 bits per heavy atom. The standard InChI is InChI=1S/C33H54O5Si2.CH4/c1-25-29(34-22-26-18-14-12-15-19-26)31(38-40(10,11)33(5,6)7)30(35-23-27-20-16-13-17-21-27)28(37-25)24-36-39(8,9)32(2,3)4;/h12-21,25,28-31H,22-24H2,1-11H3;1H4/t25-,28?,29?,30+,31?;/m0./s1. The van der Waals surface area contributed by atoms with Gasteiger partial charge < -0.3 is 23.1 Å². The molecule has 2 aromatic carbocycles. The molecule has 0 radical (unpaired) electrons. The van der Waals surface area contributed by atoms with Gasteiger partial charge in [-0.1, -0.05) is 110 Å². The first-order valence-electron chi connectivity index (χ1n) is 14.8. The van der Waals surface area contributed by atoms with E-state index in [4.69, 9.17) is 23.1 Å². The average molecular weight is 603 g/mol. The van der Waals surface area contributed by atoms with Crippen molar-refractivity contribution >= 4 is 16.6 Å². The molecule has 5 atom stereocenters. The van der Waals surface area contributed by atoms with Crippen LogP contribution in [0.1, 0.15) is 67.0 Å². The van der Waals surface area contributed by atoms with E-state index in [0.717, 1.165) is 11.1 Å². The molecule has 0 bridgehead atoms. The first-order valence-corrected chi connectivity index (χ1v) is 20.6. The molecule has 3 rings (SSSR count). The zero-order valence-corrected chi connectivity index (χ0v) is 28.8. The predicted octanol–water partition coefficient (Wildman–Crippen LogP) is 8.99. The fraction of sp³-hybridized carbons (Fsp3) is 0.647. The molecule has 3 unspecified atom stereocenters. The molecule has 41 heavy (non-hydrogen) atoms. The minimum Gasteiger partial charge on any atom is -0.414 e. The van der Waals surface area contributed by atoms with Gasteiger partial charge in [0, 0.05) is 0 Å². The van der Waals surface area contributed by atoms with Crippen LogP contribution in [0.5, 0.6) is 0 Å². The van der Waals surface area contributed by atoms with Gasteiger partial charge in [0.25, 0.3) is 0 Å². The quantitative estimate of drug-likeness (QED) is 0.240. The zero-order valence-electron chi connectivity index (χ0n) is 26.8. The van der Waals surface area contributed by atoms with E-state index in [1.807, 2.05) is 36.4 Å². The molecule has 0 spiro atoms. The van der Waals surface area contributed by atoms with Gasteiger partial charge in [-0.25, -0.2) is 0 Å². The third kappa shape index (κ3) is 9.58. The van der Waals surface area contributed by atoms with E-state index in [1.165, 1.54) is 0 Å². The lowest BCUT2D eigenvalue weighted by Gasteiger charge is -2.50. The van der Waals surface area contributed by atoms with Crippen molar-refractivity contribution < 1.29 is 23.1 Å².